The highest BCUT2D eigenvalue weighted by molar-refractivity contribution is 6.14. The SMILES string of the molecule is CC1(C)c2ccccc2-c2ccc(N(c3ccc(-c4ccccc4)cc3)c3ccc(-c4ccc5c(c4)c4ccccc4n5-c4ccccc4)cc3)cc21.N#CC(C#N)=c1c(F)c(F)c2c(F)c(=C(C#N)C#N)c(F)c(F)c2c1F.c1ccc(-c2ccc(-n3c4ccccc4c4cc(-c5ccc6c(c5)c5ccccc5n6-c5ccc(-c6ccccc6)cc5)ccc43)cc2)cc1. The lowest BCUT2D eigenvalue weighted by Crippen LogP contribution is -2.25. The van der Waals surface area contributed by atoms with Crippen molar-refractivity contribution >= 4 is 104 Å². The first-order valence-electron chi connectivity index (χ1n) is 41.9. The number of nitrogens with zero attached hydrogens (tertiary/aromatic N) is 8. The number of para-hydroxylation sites is 4. The Balaban J connectivity index is 0.000000129. The smallest absolute Gasteiger partial charge is 0.171 e. The van der Waals surface area contributed by atoms with Gasteiger partial charge in [0, 0.05) is 71.9 Å². The number of halogens is 6. The third-order valence-corrected chi connectivity index (χ3v) is 24.7. The van der Waals surface area contributed by atoms with Gasteiger partial charge < -0.3 is 18.6 Å². The van der Waals surface area contributed by atoms with Gasteiger partial charge >= 0.3 is 0 Å². The van der Waals surface area contributed by atoms with Gasteiger partial charge in [-0.2, -0.15) is 21.0 Å². The highest BCUT2D eigenvalue weighted by atomic mass is 19.2. The second-order valence-corrected chi connectivity index (χ2v) is 32.2. The molecule has 0 atom stereocenters. The molecule has 0 amide bonds. The Kier molecular flexibility index (Phi) is 20.5. The molecule has 18 aromatic carbocycles. The summed E-state index contributed by atoms with van der Waals surface area (Å²) in [7, 11) is 0. The number of rotatable bonds is 11. The van der Waals surface area contributed by atoms with Crippen LogP contribution in [-0.4, -0.2) is 13.7 Å². The summed E-state index contributed by atoms with van der Waals surface area (Å²) in [5.41, 5.74) is 29.0. The summed E-state index contributed by atoms with van der Waals surface area (Å²) < 4.78 is 92.5. The van der Waals surface area contributed by atoms with E-state index in [1.165, 1.54) is 149 Å². The van der Waals surface area contributed by atoms with Crippen molar-refractivity contribution < 1.29 is 26.3 Å². The molecular formula is C115H70F6N8. The van der Waals surface area contributed by atoms with Crippen molar-refractivity contribution in [1.82, 2.24) is 13.7 Å². The first-order valence-corrected chi connectivity index (χ1v) is 41.9. The van der Waals surface area contributed by atoms with Crippen molar-refractivity contribution in [3.63, 3.8) is 0 Å². The third kappa shape index (κ3) is 13.9. The van der Waals surface area contributed by atoms with Gasteiger partial charge in [-0.1, -0.05) is 275 Å². The molecule has 0 spiro atoms. The summed E-state index contributed by atoms with van der Waals surface area (Å²) in [4.78, 5) is 2.40. The van der Waals surface area contributed by atoms with Gasteiger partial charge in [0.15, 0.2) is 23.3 Å². The zero-order valence-corrected chi connectivity index (χ0v) is 69.3. The highest BCUT2D eigenvalue weighted by Gasteiger charge is 2.36. The van der Waals surface area contributed by atoms with Gasteiger partial charge in [0.2, 0.25) is 0 Å². The molecule has 0 saturated heterocycles. The van der Waals surface area contributed by atoms with Crippen molar-refractivity contribution in [3.8, 4) is 108 Å². The Morgan fingerprint density at radius 3 is 0.899 bits per heavy atom. The fourth-order valence-electron chi connectivity index (χ4n) is 18.5. The second kappa shape index (κ2) is 33.1. The fraction of sp³-hybridized carbons (Fsp3) is 0.0261. The minimum absolute atomic E-state index is 0.0864. The molecular weight excluding hydrogens is 1610 g/mol. The lowest BCUT2D eigenvalue weighted by atomic mass is 9.82. The van der Waals surface area contributed by atoms with E-state index >= 15 is 0 Å². The standard InChI is InChI=1S/C51H38N2.C48H32N2.C16F6N4/c1-51(2)47-19-11-9-17-43(47)44-31-30-42(34-48(44)51)52(40-26-21-36(22-27-40)35-13-5-3-6-14-35)41-28-23-37(24-29-41)38-25-32-50-46(33-38)45-18-10-12-20-49(45)53(50)39-15-7-4-8-16-39;1-3-11-33(12-4-1)35-19-25-39(26-20-35)49-45-17-9-7-15-41(45)43-31-37(23-29-47(43)49)38-24-30-48-44(32-38)42-16-8-10-18-46(42)50(48)40-27-21-36(22-28-40)34-13-5-2-6-14-34;17-11-7(5(1-23)2-24)13(19)15(21)10-9(11)16(22)14(20)8(12(10)18)6(3-25)4-26/h3-34H,1-2H3;1-32H;. The van der Waals surface area contributed by atoms with E-state index in [1.54, 1.807) is 0 Å². The van der Waals surface area contributed by atoms with Crippen molar-refractivity contribution in [3.05, 3.63) is 445 Å². The Morgan fingerprint density at radius 1 is 0.240 bits per heavy atom. The number of nitriles is 4. The van der Waals surface area contributed by atoms with Crippen LogP contribution in [0.2, 0.25) is 0 Å². The van der Waals surface area contributed by atoms with Crippen LogP contribution in [0.15, 0.2) is 388 Å². The lowest BCUT2D eigenvalue weighted by molar-refractivity contribution is 0.471. The molecule has 3 aromatic heterocycles. The van der Waals surface area contributed by atoms with Crippen LogP contribution in [-0.2, 0) is 5.41 Å². The molecule has 14 heteroatoms. The molecule has 21 aromatic rings. The van der Waals surface area contributed by atoms with Gasteiger partial charge in [-0.25, -0.2) is 26.3 Å². The normalized spacial score (nSPS) is 11.8. The lowest BCUT2D eigenvalue weighted by Gasteiger charge is -2.28. The summed E-state index contributed by atoms with van der Waals surface area (Å²) in [6.07, 6.45) is 0. The molecule has 22 rings (SSSR count). The summed E-state index contributed by atoms with van der Waals surface area (Å²) in [5.74, 6) is -13.0. The van der Waals surface area contributed by atoms with E-state index < -0.39 is 67.3 Å². The average molecular weight is 1680 g/mol. The molecule has 0 aliphatic heterocycles. The molecule has 0 radical (unpaired) electrons. The Labute approximate surface area is 737 Å². The third-order valence-electron chi connectivity index (χ3n) is 24.7. The molecule has 0 fully saturated rings. The quantitative estimate of drug-likeness (QED) is 0.0945. The molecule has 8 nitrogen and oxygen atoms in total. The van der Waals surface area contributed by atoms with E-state index in [9.17, 15) is 26.3 Å². The van der Waals surface area contributed by atoms with Gasteiger partial charge in [-0.05, 0) is 205 Å². The van der Waals surface area contributed by atoms with Gasteiger partial charge in [-0.3, -0.25) is 0 Å². The minimum atomic E-state index is -2.23. The van der Waals surface area contributed by atoms with Crippen LogP contribution in [0.3, 0.4) is 0 Å². The maximum Gasteiger partial charge on any atom is 0.171 e. The zero-order chi connectivity index (χ0) is 88.3. The van der Waals surface area contributed by atoms with Crippen molar-refractivity contribution in [2.75, 3.05) is 4.90 Å². The molecule has 0 N–H and O–H groups in total. The molecule has 0 saturated carbocycles. The fourth-order valence-corrected chi connectivity index (χ4v) is 18.5. The molecule has 1 aliphatic rings. The Morgan fingerprint density at radius 2 is 0.519 bits per heavy atom. The van der Waals surface area contributed by atoms with Crippen LogP contribution in [0.4, 0.5) is 43.4 Å². The molecule has 3 heterocycles. The Bertz CT molecular complexity index is 8080. The maximum atomic E-state index is 14.4. The molecule has 0 bridgehead atoms. The van der Waals surface area contributed by atoms with E-state index in [2.05, 4.69) is 421 Å². The van der Waals surface area contributed by atoms with Gasteiger partial charge in [0.05, 0.1) is 54.3 Å². The topological polar surface area (TPSA) is 113 Å². The van der Waals surface area contributed by atoms with Crippen molar-refractivity contribution in [2.45, 2.75) is 19.3 Å². The summed E-state index contributed by atoms with van der Waals surface area (Å²) in [6, 6.07) is 145. The van der Waals surface area contributed by atoms with Crippen LogP contribution in [0.25, 0.3) is 171 Å². The monoisotopic (exact) mass is 1680 g/mol. The number of aromatic nitrogens is 3. The molecule has 129 heavy (non-hydrogen) atoms. The Hall–Kier alpha value is -17.3. The van der Waals surface area contributed by atoms with Crippen LogP contribution >= 0.6 is 0 Å². The van der Waals surface area contributed by atoms with Crippen LogP contribution in [0.5, 0.6) is 0 Å². The largest absolute Gasteiger partial charge is 0.310 e. The van der Waals surface area contributed by atoms with Crippen molar-refractivity contribution in [1.29, 1.82) is 21.0 Å². The van der Waals surface area contributed by atoms with Gasteiger partial charge in [0.1, 0.15) is 47.1 Å². The number of hydrogen-bond acceptors (Lipinski definition) is 5. The summed E-state index contributed by atoms with van der Waals surface area (Å²) in [6.45, 7) is 4.70. The number of benzene rings is 18. The second-order valence-electron chi connectivity index (χ2n) is 32.2. The predicted molar refractivity (Wildman–Crippen MR) is 508 cm³/mol. The van der Waals surface area contributed by atoms with E-state index in [0.29, 0.717) is 0 Å². The number of anilines is 3. The summed E-state index contributed by atoms with van der Waals surface area (Å²) >= 11 is 0. The van der Waals surface area contributed by atoms with Gasteiger partial charge in [-0.15, -0.1) is 0 Å². The van der Waals surface area contributed by atoms with Crippen LogP contribution in [0, 0.1) is 80.2 Å². The van der Waals surface area contributed by atoms with E-state index in [-0.39, 0.29) is 5.41 Å². The van der Waals surface area contributed by atoms with Crippen molar-refractivity contribution in [2.24, 2.45) is 0 Å². The number of fused-ring (bicyclic) bond motifs is 13. The van der Waals surface area contributed by atoms with E-state index in [0.717, 1.165) is 52.7 Å². The zero-order valence-electron chi connectivity index (χ0n) is 69.3. The van der Waals surface area contributed by atoms with Crippen LogP contribution in [0.1, 0.15) is 25.0 Å². The predicted octanol–water partition coefficient (Wildman–Crippen LogP) is 28.8. The van der Waals surface area contributed by atoms with E-state index in [4.69, 9.17) is 21.0 Å². The first-order chi connectivity index (χ1) is 63.1. The highest BCUT2D eigenvalue weighted by Crippen LogP contribution is 2.52. The molecule has 0 unspecified atom stereocenters. The first kappa shape index (κ1) is 80.1. The number of hydrogen-bond donors (Lipinski definition) is 0. The molecule has 612 valence electrons. The summed E-state index contributed by atoms with van der Waals surface area (Å²) in [5, 5.41) is 35.6. The average Bonchev–Trinajstić information content (AvgIpc) is 1.70. The van der Waals surface area contributed by atoms with Crippen LogP contribution < -0.4 is 15.3 Å². The minimum Gasteiger partial charge on any atom is -0.310 e. The van der Waals surface area contributed by atoms with Gasteiger partial charge in [0.25, 0.3) is 0 Å². The molecule has 1 aliphatic carbocycles. The van der Waals surface area contributed by atoms with E-state index in [1.807, 2.05) is 0 Å². The maximum absolute atomic E-state index is 14.4.